The smallest absolute Gasteiger partial charge is 0.193 e. The van der Waals surface area contributed by atoms with Gasteiger partial charge in [-0.3, -0.25) is 0 Å². The van der Waals surface area contributed by atoms with Gasteiger partial charge in [-0.25, -0.2) is 4.39 Å². The minimum absolute atomic E-state index is 0.123. The quantitative estimate of drug-likeness (QED) is 0.903. The van der Waals surface area contributed by atoms with Crippen LogP contribution >= 0.6 is 11.6 Å². The Kier molecular flexibility index (Phi) is 3.50. The fourth-order valence-corrected chi connectivity index (χ4v) is 1.96. The molecule has 0 amide bonds. The fraction of sp³-hybridized carbons (Fsp3) is 0.231. The van der Waals surface area contributed by atoms with E-state index in [1.807, 2.05) is 13.1 Å². The Hall–Kier alpha value is -1.32. The normalized spacial score (nSPS) is 12.7. The molecular formula is C13H13ClFNO. The summed E-state index contributed by atoms with van der Waals surface area (Å²) in [5.74, 6) is 0.504. The molecule has 1 atom stereocenters. The van der Waals surface area contributed by atoms with Crippen LogP contribution in [-0.4, -0.2) is 7.05 Å². The molecule has 0 aliphatic heterocycles. The SMILES string of the molecule is CNC(c1ccc(F)c(C)c1)c1ccc(Cl)o1. The molecule has 0 radical (unpaired) electrons. The van der Waals surface area contributed by atoms with Crippen LogP contribution in [0.4, 0.5) is 4.39 Å². The van der Waals surface area contributed by atoms with Crippen molar-refractivity contribution >= 4 is 11.6 Å². The topological polar surface area (TPSA) is 25.2 Å². The third kappa shape index (κ3) is 2.51. The molecule has 2 nitrogen and oxygen atoms in total. The van der Waals surface area contributed by atoms with E-state index >= 15 is 0 Å². The summed E-state index contributed by atoms with van der Waals surface area (Å²) in [6, 6.07) is 8.37. The van der Waals surface area contributed by atoms with Gasteiger partial charge in [0, 0.05) is 0 Å². The van der Waals surface area contributed by atoms with Crippen molar-refractivity contribution in [2.45, 2.75) is 13.0 Å². The minimum Gasteiger partial charge on any atom is -0.448 e. The van der Waals surface area contributed by atoms with Crippen LogP contribution in [0.5, 0.6) is 0 Å². The first kappa shape index (κ1) is 12.1. The number of rotatable bonds is 3. The zero-order chi connectivity index (χ0) is 12.4. The third-order valence-electron chi connectivity index (χ3n) is 2.68. The van der Waals surface area contributed by atoms with Gasteiger partial charge in [-0.05, 0) is 54.9 Å². The molecular weight excluding hydrogens is 241 g/mol. The summed E-state index contributed by atoms with van der Waals surface area (Å²) in [5.41, 5.74) is 1.55. The molecule has 0 bridgehead atoms. The lowest BCUT2D eigenvalue weighted by Crippen LogP contribution is -2.17. The van der Waals surface area contributed by atoms with E-state index in [0.717, 1.165) is 5.56 Å². The van der Waals surface area contributed by atoms with Gasteiger partial charge in [0.1, 0.15) is 11.6 Å². The van der Waals surface area contributed by atoms with Crippen LogP contribution in [-0.2, 0) is 0 Å². The van der Waals surface area contributed by atoms with E-state index in [9.17, 15) is 4.39 Å². The highest BCUT2D eigenvalue weighted by molar-refractivity contribution is 6.28. The van der Waals surface area contributed by atoms with E-state index in [0.29, 0.717) is 16.5 Å². The Labute approximate surface area is 104 Å². The summed E-state index contributed by atoms with van der Waals surface area (Å²) in [4.78, 5) is 0. The van der Waals surface area contributed by atoms with Crippen LogP contribution in [0.15, 0.2) is 34.7 Å². The summed E-state index contributed by atoms with van der Waals surface area (Å²) in [6.45, 7) is 1.74. The van der Waals surface area contributed by atoms with Crippen LogP contribution in [0.2, 0.25) is 5.22 Å². The molecule has 1 N–H and O–H groups in total. The molecule has 1 heterocycles. The number of hydrogen-bond acceptors (Lipinski definition) is 2. The lowest BCUT2D eigenvalue weighted by molar-refractivity contribution is 0.464. The van der Waals surface area contributed by atoms with Gasteiger partial charge < -0.3 is 9.73 Å². The van der Waals surface area contributed by atoms with Gasteiger partial charge >= 0.3 is 0 Å². The van der Waals surface area contributed by atoms with Gasteiger partial charge in [-0.15, -0.1) is 0 Å². The van der Waals surface area contributed by atoms with Crippen molar-refractivity contribution in [1.82, 2.24) is 5.32 Å². The summed E-state index contributed by atoms with van der Waals surface area (Å²) in [7, 11) is 1.82. The second-order valence-corrected chi connectivity index (χ2v) is 4.24. The van der Waals surface area contributed by atoms with E-state index in [1.54, 1.807) is 25.1 Å². The molecule has 2 rings (SSSR count). The van der Waals surface area contributed by atoms with E-state index in [-0.39, 0.29) is 11.9 Å². The first-order chi connectivity index (χ1) is 8.11. The van der Waals surface area contributed by atoms with Gasteiger partial charge in [0.2, 0.25) is 0 Å². The van der Waals surface area contributed by atoms with Crippen LogP contribution < -0.4 is 5.32 Å². The van der Waals surface area contributed by atoms with Crippen molar-refractivity contribution in [3.8, 4) is 0 Å². The maximum absolute atomic E-state index is 13.2. The Morgan fingerprint density at radius 3 is 2.59 bits per heavy atom. The Bertz CT molecular complexity index is 524. The monoisotopic (exact) mass is 253 g/mol. The number of aryl methyl sites for hydroxylation is 1. The van der Waals surface area contributed by atoms with E-state index in [2.05, 4.69) is 5.32 Å². The molecule has 4 heteroatoms. The average Bonchev–Trinajstić information content (AvgIpc) is 2.71. The molecule has 90 valence electrons. The van der Waals surface area contributed by atoms with Crippen LogP contribution in [0, 0.1) is 12.7 Å². The molecule has 1 unspecified atom stereocenters. The van der Waals surface area contributed by atoms with E-state index in [1.165, 1.54) is 6.07 Å². The number of benzene rings is 1. The predicted molar refractivity (Wildman–Crippen MR) is 65.8 cm³/mol. The standard InChI is InChI=1S/C13H13ClFNO/c1-8-7-9(3-4-10(8)15)13(16-2)11-5-6-12(14)17-11/h3-7,13,16H,1-2H3. The summed E-state index contributed by atoms with van der Waals surface area (Å²) in [5, 5.41) is 3.47. The van der Waals surface area contributed by atoms with Crippen LogP contribution in [0.1, 0.15) is 22.9 Å². The highest BCUT2D eigenvalue weighted by Gasteiger charge is 2.16. The average molecular weight is 254 g/mol. The molecule has 0 saturated heterocycles. The molecule has 2 aromatic rings. The van der Waals surface area contributed by atoms with Gasteiger partial charge in [-0.2, -0.15) is 0 Å². The Morgan fingerprint density at radius 2 is 2.06 bits per heavy atom. The van der Waals surface area contributed by atoms with Crippen molar-refractivity contribution < 1.29 is 8.81 Å². The number of hydrogen-bond donors (Lipinski definition) is 1. The zero-order valence-corrected chi connectivity index (χ0v) is 10.4. The molecule has 0 aliphatic carbocycles. The van der Waals surface area contributed by atoms with Gasteiger partial charge in [0.25, 0.3) is 0 Å². The van der Waals surface area contributed by atoms with Crippen LogP contribution in [0.3, 0.4) is 0 Å². The van der Waals surface area contributed by atoms with Crippen molar-refractivity contribution in [2.24, 2.45) is 0 Å². The molecule has 1 aromatic carbocycles. The Balaban J connectivity index is 2.38. The first-order valence-electron chi connectivity index (χ1n) is 5.30. The van der Waals surface area contributed by atoms with Gasteiger partial charge in [-0.1, -0.05) is 12.1 Å². The Morgan fingerprint density at radius 1 is 1.29 bits per heavy atom. The fourth-order valence-electron chi connectivity index (χ4n) is 1.80. The summed E-state index contributed by atoms with van der Waals surface area (Å²) in [6.07, 6.45) is 0. The van der Waals surface area contributed by atoms with Crippen molar-refractivity contribution in [1.29, 1.82) is 0 Å². The molecule has 17 heavy (non-hydrogen) atoms. The highest BCUT2D eigenvalue weighted by atomic mass is 35.5. The molecule has 0 fully saturated rings. The summed E-state index contributed by atoms with van der Waals surface area (Å²) < 4.78 is 18.6. The number of halogens is 2. The molecule has 0 spiro atoms. The summed E-state index contributed by atoms with van der Waals surface area (Å²) >= 11 is 5.75. The predicted octanol–water partition coefficient (Wildman–Crippen LogP) is 3.69. The van der Waals surface area contributed by atoms with Crippen molar-refractivity contribution in [3.63, 3.8) is 0 Å². The van der Waals surface area contributed by atoms with Gasteiger partial charge in [0.05, 0.1) is 6.04 Å². The zero-order valence-electron chi connectivity index (χ0n) is 9.63. The van der Waals surface area contributed by atoms with E-state index < -0.39 is 0 Å². The van der Waals surface area contributed by atoms with Gasteiger partial charge in [0.15, 0.2) is 5.22 Å². The van der Waals surface area contributed by atoms with E-state index in [4.69, 9.17) is 16.0 Å². The van der Waals surface area contributed by atoms with Crippen LogP contribution in [0.25, 0.3) is 0 Å². The number of nitrogens with one attached hydrogen (secondary N) is 1. The minimum atomic E-state index is -0.207. The highest BCUT2D eigenvalue weighted by Crippen LogP contribution is 2.26. The van der Waals surface area contributed by atoms with Crippen molar-refractivity contribution in [2.75, 3.05) is 7.05 Å². The maximum atomic E-state index is 13.2. The maximum Gasteiger partial charge on any atom is 0.193 e. The third-order valence-corrected chi connectivity index (χ3v) is 2.89. The molecule has 1 aromatic heterocycles. The second-order valence-electron chi connectivity index (χ2n) is 3.87. The molecule has 0 aliphatic rings. The van der Waals surface area contributed by atoms with Crippen molar-refractivity contribution in [3.05, 3.63) is 58.3 Å². The number of furan rings is 1. The second kappa shape index (κ2) is 4.90. The first-order valence-corrected chi connectivity index (χ1v) is 5.68. The lowest BCUT2D eigenvalue weighted by atomic mass is 10.0. The largest absolute Gasteiger partial charge is 0.448 e. The lowest BCUT2D eigenvalue weighted by Gasteiger charge is -2.14. The molecule has 0 saturated carbocycles.